The number of methoxy groups -OCH3 is 4. The van der Waals surface area contributed by atoms with E-state index < -0.39 is 6.09 Å². The molecule has 0 spiro atoms. The first-order valence-electron chi connectivity index (χ1n) is 11.3. The molecule has 4 aromatic rings. The molecule has 0 aliphatic carbocycles. The number of carbonyl (C=O) groups is 1. The van der Waals surface area contributed by atoms with Gasteiger partial charge >= 0.3 is 6.09 Å². The van der Waals surface area contributed by atoms with Crippen LogP contribution in [0.15, 0.2) is 60.9 Å². The minimum atomic E-state index is -0.599. The Morgan fingerprint density at radius 1 is 0.838 bits per heavy atom. The Morgan fingerprint density at radius 3 is 2.32 bits per heavy atom. The van der Waals surface area contributed by atoms with Crippen molar-refractivity contribution in [2.75, 3.05) is 35.0 Å². The molecule has 0 saturated heterocycles. The Labute approximate surface area is 213 Å². The van der Waals surface area contributed by atoms with Gasteiger partial charge in [0.15, 0.2) is 11.5 Å². The Kier molecular flexibility index (Phi) is 8.04. The normalized spacial score (nSPS) is 10.5. The summed E-state index contributed by atoms with van der Waals surface area (Å²) in [4.78, 5) is 12.6. The van der Waals surface area contributed by atoms with Crippen LogP contribution in [0, 0.1) is 0 Å². The Bertz CT molecular complexity index is 1360. The molecule has 1 N–H and O–H groups in total. The van der Waals surface area contributed by atoms with Crippen molar-refractivity contribution >= 4 is 6.09 Å². The van der Waals surface area contributed by atoms with Crippen molar-refractivity contribution in [3.63, 3.8) is 0 Å². The van der Waals surface area contributed by atoms with Crippen LogP contribution in [0.2, 0.25) is 0 Å². The van der Waals surface area contributed by atoms with Gasteiger partial charge in [-0.2, -0.15) is 0 Å². The van der Waals surface area contributed by atoms with Crippen LogP contribution in [0.25, 0.3) is 16.8 Å². The zero-order valence-corrected chi connectivity index (χ0v) is 20.9. The highest BCUT2D eigenvalue weighted by Gasteiger charge is 2.14. The number of nitrogens with one attached hydrogen (secondary N) is 1. The smallest absolute Gasteiger partial charge is 0.412 e. The summed E-state index contributed by atoms with van der Waals surface area (Å²) in [6.07, 6.45) is 1.43. The van der Waals surface area contributed by atoms with Gasteiger partial charge in [0.05, 0.1) is 34.1 Å². The van der Waals surface area contributed by atoms with E-state index in [1.807, 2.05) is 30.3 Å². The number of hydrogen-bond acceptors (Lipinski definition) is 9. The summed E-state index contributed by atoms with van der Waals surface area (Å²) in [5.41, 5.74) is 3.04. The van der Waals surface area contributed by atoms with Crippen molar-refractivity contribution < 1.29 is 28.5 Å². The van der Waals surface area contributed by atoms with Crippen LogP contribution in [0.3, 0.4) is 0 Å². The van der Waals surface area contributed by atoms with E-state index in [0.717, 1.165) is 16.7 Å². The van der Waals surface area contributed by atoms with E-state index in [1.165, 1.54) is 11.0 Å². The van der Waals surface area contributed by atoms with Crippen molar-refractivity contribution in [2.45, 2.75) is 6.42 Å². The van der Waals surface area contributed by atoms with E-state index in [-0.39, 0.29) is 0 Å². The predicted molar refractivity (Wildman–Crippen MR) is 135 cm³/mol. The molecule has 1 amide bonds. The van der Waals surface area contributed by atoms with Gasteiger partial charge in [-0.1, -0.05) is 6.07 Å². The van der Waals surface area contributed by atoms with E-state index in [9.17, 15) is 4.79 Å². The van der Waals surface area contributed by atoms with Crippen molar-refractivity contribution in [1.29, 1.82) is 0 Å². The van der Waals surface area contributed by atoms with Gasteiger partial charge in [-0.15, -0.1) is 5.10 Å². The minimum Gasteiger partial charge on any atom is -0.497 e. The van der Waals surface area contributed by atoms with Gasteiger partial charge in [0.1, 0.15) is 23.6 Å². The number of nitrogens with zero attached hydrogens (tertiary/aromatic N) is 4. The van der Waals surface area contributed by atoms with E-state index in [2.05, 4.69) is 20.8 Å². The number of ether oxygens (including phenoxy) is 5. The second kappa shape index (κ2) is 11.8. The number of tetrazole rings is 1. The molecule has 0 bridgehead atoms. The molecule has 11 heteroatoms. The van der Waals surface area contributed by atoms with Gasteiger partial charge in [0, 0.05) is 18.2 Å². The van der Waals surface area contributed by atoms with Gasteiger partial charge in [0.2, 0.25) is 0 Å². The number of aromatic nitrogens is 4. The van der Waals surface area contributed by atoms with Crippen molar-refractivity contribution in [3.05, 3.63) is 66.5 Å². The third kappa shape index (κ3) is 6.07. The maximum atomic E-state index is 12.6. The molecular weight excluding hydrogens is 478 g/mol. The van der Waals surface area contributed by atoms with Crippen LogP contribution in [-0.4, -0.2) is 61.3 Å². The summed E-state index contributed by atoms with van der Waals surface area (Å²) in [7, 11) is 6.33. The molecule has 0 fully saturated rings. The second-order valence-corrected chi connectivity index (χ2v) is 7.79. The van der Waals surface area contributed by atoms with E-state index in [4.69, 9.17) is 23.7 Å². The fourth-order valence-electron chi connectivity index (χ4n) is 3.74. The van der Waals surface area contributed by atoms with Gasteiger partial charge in [0.25, 0.3) is 0 Å². The van der Waals surface area contributed by atoms with Crippen LogP contribution in [-0.2, 0) is 6.42 Å². The lowest BCUT2D eigenvalue weighted by atomic mass is 10.0. The third-order valence-corrected chi connectivity index (χ3v) is 5.56. The highest BCUT2D eigenvalue weighted by atomic mass is 16.6. The Balaban J connectivity index is 1.53. The second-order valence-electron chi connectivity index (χ2n) is 7.79. The number of amides is 1. The van der Waals surface area contributed by atoms with Gasteiger partial charge in [-0.3, -0.25) is 0 Å². The van der Waals surface area contributed by atoms with Crippen LogP contribution < -0.4 is 29.0 Å². The predicted octanol–water partition coefficient (Wildman–Crippen LogP) is 3.69. The maximum Gasteiger partial charge on any atom is 0.412 e. The maximum absolute atomic E-state index is 12.6. The highest BCUT2D eigenvalue weighted by molar-refractivity contribution is 5.77. The number of benzene rings is 3. The van der Waals surface area contributed by atoms with E-state index >= 15 is 0 Å². The average Bonchev–Trinajstić information content (AvgIpc) is 3.47. The zero-order valence-electron chi connectivity index (χ0n) is 20.9. The van der Waals surface area contributed by atoms with Gasteiger partial charge in [-0.25, -0.2) is 9.48 Å². The molecule has 3 aromatic carbocycles. The summed E-state index contributed by atoms with van der Waals surface area (Å²) in [5, 5.41) is 14.1. The topological polar surface area (TPSA) is 119 Å². The first-order chi connectivity index (χ1) is 18.0. The lowest BCUT2D eigenvalue weighted by molar-refractivity contribution is 0.200. The summed E-state index contributed by atoms with van der Waals surface area (Å²) >= 11 is 0. The largest absolute Gasteiger partial charge is 0.497 e. The van der Waals surface area contributed by atoms with Crippen molar-refractivity contribution in [2.24, 2.45) is 0 Å². The molecular formula is C26H27N5O6. The number of rotatable bonds is 10. The summed E-state index contributed by atoms with van der Waals surface area (Å²) < 4.78 is 28.6. The summed E-state index contributed by atoms with van der Waals surface area (Å²) in [5.74, 6) is 2.85. The molecule has 1 heterocycles. The minimum absolute atomic E-state index is 0.302. The fourth-order valence-corrected chi connectivity index (χ4v) is 3.74. The molecule has 1 aromatic heterocycles. The molecule has 0 aliphatic heterocycles. The fraction of sp³-hybridized carbons (Fsp3) is 0.231. The van der Waals surface area contributed by atoms with Gasteiger partial charge in [-0.05, 0) is 70.4 Å². The van der Waals surface area contributed by atoms with Gasteiger partial charge < -0.3 is 29.0 Å². The number of carbonyl (C=O) groups excluding carboxylic acids is 1. The standard InChI is InChI=1S/C26H27N5O6/c1-33-20-6-8-23(34-2)22(15-20)18-12-19(31-16-28-29-30-31)14-21(13-18)37-26(32)27-10-9-17-5-7-24(35-3)25(11-17)36-4/h5-8,11-16H,9-10H2,1-4H3,(H,27,32). The third-order valence-electron chi connectivity index (χ3n) is 5.56. The lowest BCUT2D eigenvalue weighted by Gasteiger charge is -2.14. The molecule has 0 unspecified atom stereocenters. The number of hydrogen-bond donors (Lipinski definition) is 1. The lowest BCUT2D eigenvalue weighted by Crippen LogP contribution is -2.28. The van der Waals surface area contributed by atoms with E-state index in [1.54, 1.807) is 52.7 Å². The molecule has 0 atom stereocenters. The SMILES string of the molecule is COc1ccc(OC)c(-c2cc(OC(=O)NCCc3ccc(OC)c(OC)c3)cc(-n3cnnn3)c2)c1. The Morgan fingerprint density at radius 2 is 1.62 bits per heavy atom. The molecule has 192 valence electrons. The molecule has 4 rings (SSSR count). The van der Waals surface area contributed by atoms with E-state index in [0.29, 0.717) is 47.4 Å². The quantitative estimate of drug-likeness (QED) is 0.344. The monoisotopic (exact) mass is 505 g/mol. The van der Waals surface area contributed by atoms with Crippen molar-refractivity contribution in [1.82, 2.24) is 25.5 Å². The average molecular weight is 506 g/mol. The zero-order chi connectivity index (χ0) is 26.2. The molecule has 0 aliphatic rings. The highest BCUT2D eigenvalue weighted by Crippen LogP contribution is 2.36. The molecule has 0 saturated carbocycles. The van der Waals surface area contributed by atoms with Crippen LogP contribution >= 0.6 is 0 Å². The molecule has 11 nitrogen and oxygen atoms in total. The van der Waals surface area contributed by atoms with Crippen molar-refractivity contribution in [3.8, 4) is 45.6 Å². The molecule has 37 heavy (non-hydrogen) atoms. The first-order valence-corrected chi connectivity index (χ1v) is 11.3. The van der Waals surface area contributed by atoms with Crippen LogP contribution in [0.1, 0.15) is 5.56 Å². The van der Waals surface area contributed by atoms with Crippen LogP contribution in [0.5, 0.6) is 28.7 Å². The summed E-state index contributed by atoms with van der Waals surface area (Å²) in [6.45, 7) is 0.359. The van der Waals surface area contributed by atoms with Crippen LogP contribution in [0.4, 0.5) is 4.79 Å². The Hall–Kier alpha value is -4.80. The molecule has 0 radical (unpaired) electrons. The summed E-state index contributed by atoms with van der Waals surface area (Å²) in [6, 6.07) is 16.3. The first kappa shape index (κ1) is 25.3.